The lowest BCUT2D eigenvalue weighted by atomic mass is 10.2. The Morgan fingerprint density at radius 1 is 1.26 bits per heavy atom. The van der Waals surface area contributed by atoms with Gasteiger partial charge in [0.15, 0.2) is 5.16 Å². The highest BCUT2D eigenvalue weighted by atomic mass is 32.2. The Morgan fingerprint density at radius 2 is 2.00 bits per heavy atom. The van der Waals surface area contributed by atoms with E-state index in [4.69, 9.17) is 0 Å². The van der Waals surface area contributed by atoms with Crippen molar-refractivity contribution in [2.24, 2.45) is 0 Å². The number of thioether (sulfide) groups is 1. The molecule has 4 rings (SSSR count). The Morgan fingerprint density at radius 3 is 2.71 bits per heavy atom. The molecule has 0 unspecified atom stereocenters. The van der Waals surface area contributed by atoms with Gasteiger partial charge in [0, 0.05) is 30.7 Å². The first kappa shape index (κ1) is 21.3. The van der Waals surface area contributed by atoms with E-state index in [-0.39, 0.29) is 11.7 Å². The lowest BCUT2D eigenvalue weighted by molar-refractivity contribution is -0.113. The largest absolute Gasteiger partial charge is 0.327 e. The summed E-state index contributed by atoms with van der Waals surface area (Å²) in [6.07, 6.45) is 8.25. The Hall–Kier alpha value is -2.98. The van der Waals surface area contributed by atoms with E-state index >= 15 is 0 Å². The van der Waals surface area contributed by atoms with E-state index < -0.39 is 0 Å². The number of benzene rings is 1. The Balaban J connectivity index is 1.46. The predicted molar refractivity (Wildman–Crippen MR) is 123 cm³/mol. The normalized spacial score (nSPS) is 14.0. The number of nitriles is 1. The first-order valence-corrected chi connectivity index (χ1v) is 11.7. The number of nitrogens with one attached hydrogen (secondary N) is 1. The third-order valence-corrected chi connectivity index (χ3v) is 7.03. The van der Waals surface area contributed by atoms with Gasteiger partial charge in [0.05, 0.1) is 11.3 Å². The number of nitrogens with zero attached hydrogens (tertiary/aromatic N) is 4. The molecule has 0 bridgehead atoms. The third kappa shape index (κ3) is 4.54. The second kappa shape index (κ2) is 9.44. The number of hydrogen-bond acceptors (Lipinski definition) is 4. The zero-order chi connectivity index (χ0) is 21.8. The van der Waals surface area contributed by atoms with Crippen LogP contribution < -0.4 is 5.32 Å². The lowest BCUT2D eigenvalue weighted by Gasteiger charge is -2.19. The van der Waals surface area contributed by atoms with E-state index in [2.05, 4.69) is 33.1 Å². The molecule has 0 saturated heterocycles. The number of aromatic nitrogens is 3. The highest BCUT2D eigenvalue weighted by Crippen LogP contribution is 2.37. The molecule has 0 atom stereocenters. The van der Waals surface area contributed by atoms with Gasteiger partial charge >= 0.3 is 0 Å². The fourth-order valence-corrected chi connectivity index (χ4v) is 5.10. The average molecular weight is 434 g/mol. The standard InChI is InChI=1S/C24H27N5OS/c1-17-18(2)29(20-10-6-7-11-20)23(21(17)14-25)27-22(30)16-31-24-26-12-13-28(24)15-19-8-4-3-5-9-19/h3-5,8-9,12-13,20H,6-7,10-11,15-16H2,1-2H3,(H,27,30). The van der Waals surface area contributed by atoms with Crippen LogP contribution in [0.15, 0.2) is 47.9 Å². The van der Waals surface area contributed by atoms with Crippen LogP contribution in [0.1, 0.15) is 54.1 Å². The summed E-state index contributed by atoms with van der Waals surface area (Å²) in [7, 11) is 0. The quantitative estimate of drug-likeness (QED) is 0.528. The molecule has 160 valence electrons. The molecule has 1 amide bonds. The second-order valence-corrected chi connectivity index (χ2v) is 8.96. The van der Waals surface area contributed by atoms with Crippen LogP contribution in [0.25, 0.3) is 0 Å². The molecule has 31 heavy (non-hydrogen) atoms. The number of hydrogen-bond donors (Lipinski definition) is 1. The Kier molecular flexibility index (Phi) is 6.47. The SMILES string of the molecule is Cc1c(C#N)c(NC(=O)CSc2nccn2Cc2ccccc2)n(C2CCCC2)c1C. The average Bonchev–Trinajstić information content (AvgIpc) is 3.49. The van der Waals surface area contributed by atoms with Crippen molar-refractivity contribution in [1.82, 2.24) is 14.1 Å². The van der Waals surface area contributed by atoms with Crippen LogP contribution in [-0.2, 0) is 11.3 Å². The summed E-state index contributed by atoms with van der Waals surface area (Å²) in [5, 5.41) is 13.6. The first-order valence-electron chi connectivity index (χ1n) is 10.7. The Bertz CT molecular complexity index is 1100. The van der Waals surface area contributed by atoms with Crippen molar-refractivity contribution in [2.45, 2.75) is 57.3 Å². The minimum atomic E-state index is -0.118. The number of carbonyl (C=O) groups is 1. The zero-order valence-corrected chi connectivity index (χ0v) is 18.8. The lowest BCUT2D eigenvalue weighted by Crippen LogP contribution is -2.20. The summed E-state index contributed by atoms with van der Waals surface area (Å²) in [5.74, 6) is 0.778. The van der Waals surface area contributed by atoms with Gasteiger partial charge in [-0.05, 0) is 37.8 Å². The van der Waals surface area contributed by atoms with Crippen LogP contribution in [0.4, 0.5) is 5.82 Å². The molecule has 7 heteroatoms. The van der Waals surface area contributed by atoms with Crippen molar-refractivity contribution in [3.8, 4) is 6.07 Å². The number of imidazole rings is 1. The van der Waals surface area contributed by atoms with Crippen molar-refractivity contribution in [3.63, 3.8) is 0 Å². The van der Waals surface area contributed by atoms with Gasteiger partial charge in [-0.3, -0.25) is 4.79 Å². The monoisotopic (exact) mass is 433 g/mol. The molecule has 1 fully saturated rings. The maximum absolute atomic E-state index is 12.8. The fourth-order valence-electron chi connectivity index (χ4n) is 4.34. The molecule has 1 aliphatic rings. The minimum Gasteiger partial charge on any atom is -0.327 e. The smallest absolute Gasteiger partial charge is 0.235 e. The summed E-state index contributed by atoms with van der Waals surface area (Å²) < 4.78 is 4.23. The third-order valence-electron chi connectivity index (χ3n) is 6.02. The Labute approximate surface area is 187 Å². The van der Waals surface area contributed by atoms with Gasteiger partial charge in [-0.1, -0.05) is 54.9 Å². The van der Waals surface area contributed by atoms with Gasteiger partial charge in [0.25, 0.3) is 0 Å². The predicted octanol–water partition coefficient (Wildman–Crippen LogP) is 5.07. The van der Waals surface area contributed by atoms with Gasteiger partial charge in [0.1, 0.15) is 11.9 Å². The van der Waals surface area contributed by atoms with Crippen LogP contribution in [0.3, 0.4) is 0 Å². The van der Waals surface area contributed by atoms with Crippen molar-refractivity contribution in [1.29, 1.82) is 5.26 Å². The van der Waals surface area contributed by atoms with E-state index in [0.717, 1.165) is 29.3 Å². The number of rotatable bonds is 7. The van der Waals surface area contributed by atoms with Gasteiger partial charge in [-0.25, -0.2) is 4.98 Å². The molecule has 1 aromatic carbocycles. The van der Waals surface area contributed by atoms with Crippen LogP contribution >= 0.6 is 11.8 Å². The maximum Gasteiger partial charge on any atom is 0.235 e. The summed E-state index contributed by atoms with van der Waals surface area (Å²) in [6, 6.07) is 12.8. The van der Waals surface area contributed by atoms with E-state index in [1.54, 1.807) is 6.20 Å². The van der Waals surface area contributed by atoms with Crippen LogP contribution in [0.2, 0.25) is 0 Å². The van der Waals surface area contributed by atoms with Crippen molar-refractivity contribution in [3.05, 3.63) is 65.1 Å². The van der Waals surface area contributed by atoms with Crippen LogP contribution in [-0.4, -0.2) is 25.8 Å². The van der Waals surface area contributed by atoms with E-state index in [1.807, 2.05) is 42.8 Å². The van der Waals surface area contributed by atoms with Gasteiger partial charge in [0.2, 0.25) is 5.91 Å². The van der Waals surface area contributed by atoms with E-state index in [9.17, 15) is 10.1 Å². The number of carbonyl (C=O) groups excluding carboxylic acids is 1. The summed E-state index contributed by atoms with van der Waals surface area (Å²) in [6.45, 7) is 4.72. The van der Waals surface area contributed by atoms with Crippen molar-refractivity contribution < 1.29 is 4.79 Å². The zero-order valence-electron chi connectivity index (χ0n) is 18.0. The molecular formula is C24H27N5OS. The highest BCUT2D eigenvalue weighted by Gasteiger charge is 2.26. The molecule has 6 nitrogen and oxygen atoms in total. The molecule has 0 aliphatic heterocycles. The number of anilines is 1. The van der Waals surface area contributed by atoms with Crippen LogP contribution in [0, 0.1) is 25.2 Å². The summed E-state index contributed by atoms with van der Waals surface area (Å²) in [4.78, 5) is 17.3. The topological polar surface area (TPSA) is 75.6 Å². The molecule has 0 radical (unpaired) electrons. The molecule has 1 N–H and O–H groups in total. The first-order chi connectivity index (χ1) is 15.1. The minimum absolute atomic E-state index is 0.118. The maximum atomic E-state index is 12.8. The van der Waals surface area contributed by atoms with Crippen molar-refractivity contribution >= 4 is 23.5 Å². The molecule has 1 aliphatic carbocycles. The molecule has 3 aromatic rings. The fraction of sp³-hybridized carbons (Fsp3) is 0.375. The van der Waals surface area contributed by atoms with Gasteiger partial charge < -0.3 is 14.5 Å². The second-order valence-electron chi connectivity index (χ2n) is 8.01. The molecular weight excluding hydrogens is 406 g/mol. The van der Waals surface area contributed by atoms with Gasteiger partial charge in [-0.2, -0.15) is 5.26 Å². The summed E-state index contributed by atoms with van der Waals surface area (Å²) >= 11 is 1.41. The summed E-state index contributed by atoms with van der Waals surface area (Å²) in [5.41, 5.74) is 3.79. The van der Waals surface area contributed by atoms with Crippen molar-refractivity contribution in [2.75, 3.05) is 11.1 Å². The van der Waals surface area contributed by atoms with Gasteiger partial charge in [-0.15, -0.1) is 0 Å². The van der Waals surface area contributed by atoms with E-state index in [0.29, 0.717) is 24.0 Å². The van der Waals surface area contributed by atoms with E-state index in [1.165, 1.54) is 30.2 Å². The molecule has 2 aromatic heterocycles. The molecule has 1 saturated carbocycles. The number of amides is 1. The molecule has 2 heterocycles. The highest BCUT2D eigenvalue weighted by molar-refractivity contribution is 7.99. The van der Waals surface area contributed by atoms with Crippen LogP contribution in [0.5, 0.6) is 0 Å². The molecule has 0 spiro atoms.